The van der Waals surface area contributed by atoms with Crippen LogP contribution in [0.4, 0.5) is 0 Å². The summed E-state index contributed by atoms with van der Waals surface area (Å²) >= 11 is 12.0. The van der Waals surface area contributed by atoms with Gasteiger partial charge in [-0.2, -0.15) is 0 Å². The van der Waals surface area contributed by atoms with Gasteiger partial charge in [-0.05, 0) is 13.0 Å². The van der Waals surface area contributed by atoms with Gasteiger partial charge in [-0.15, -0.1) is 11.6 Å². The maximum absolute atomic E-state index is 6.08. The van der Waals surface area contributed by atoms with Gasteiger partial charge in [0, 0.05) is 28.5 Å². The van der Waals surface area contributed by atoms with Crippen LogP contribution in [0.2, 0.25) is 5.02 Å². The van der Waals surface area contributed by atoms with E-state index in [1.54, 1.807) is 12.4 Å². The molecule has 0 aliphatic carbocycles. The highest BCUT2D eigenvalue weighted by molar-refractivity contribution is 6.33. The molecule has 0 fully saturated rings. The second-order valence-electron chi connectivity index (χ2n) is 3.43. The van der Waals surface area contributed by atoms with Crippen LogP contribution < -0.4 is 0 Å². The number of aromatic nitrogens is 2. The molecule has 0 saturated carbocycles. The van der Waals surface area contributed by atoms with Crippen molar-refractivity contribution in [3.63, 3.8) is 0 Å². The fourth-order valence-electron chi connectivity index (χ4n) is 1.38. The van der Waals surface area contributed by atoms with Crippen LogP contribution >= 0.6 is 23.2 Å². The summed E-state index contributed by atoms with van der Waals surface area (Å²) in [5, 5.41) is 0.512. The van der Waals surface area contributed by atoms with E-state index in [2.05, 4.69) is 9.97 Å². The first-order valence-corrected chi connectivity index (χ1v) is 5.71. The SMILES string of the molecule is CC(Cl)c1ncc(-c2ccccc2Cl)cn1. The smallest absolute Gasteiger partial charge is 0.145 e. The fourth-order valence-corrected chi connectivity index (χ4v) is 1.74. The molecular weight excluding hydrogens is 243 g/mol. The van der Waals surface area contributed by atoms with Crippen molar-refractivity contribution in [3.05, 3.63) is 47.5 Å². The molecule has 1 aromatic heterocycles. The Morgan fingerprint density at radius 2 is 1.75 bits per heavy atom. The number of hydrogen-bond acceptors (Lipinski definition) is 2. The van der Waals surface area contributed by atoms with E-state index in [1.165, 1.54) is 0 Å². The first-order valence-electron chi connectivity index (χ1n) is 4.89. The van der Waals surface area contributed by atoms with Crippen LogP contribution in [0.15, 0.2) is 36.7 Å². The molecule has 0 saturated heterocycles. The standard InChI is InChI=1S/C12H10Cl2N2/c1-8(13)12-15-6-9(7-16-12)10-4-2-3-5-11(10)14/h2-8H,1H3. The summed E-state index contributed by atoms with van der Waals surface area (Å²) in [5.74, 6) is 0.623. The van der Waals surface area contributed by atoms with Crippen LogP contribution in [-0.2, 0) is 0 Å². The zero-order chi connectivity index (χ0) is 11.5. The zero-order valence-electron chi connectivity index (χ0n) is 8.69. The molecule has 2 aromatic rings. The fraction of sp³-hybridized carbons (Fsp3) is 0.167. The maximum atomic E-state index is 6.08. The van der Waals surface area contributed by atoms with E-state index in [4.69, 9.17) is 23.2 Å². The maximum Gasteiger partial charge on any atom is 0.145 e. The number of nitrogens with zero attached hydrogens (tertiary/aromatic N) is 2. The van der Waals surface area contributed by atoms with Gasteiger partial charge in [0.1, 0.15) is 5.82 Å². The van der Waals surface area contributed by atoms with Gasteiger partial charge in [-0.25, -0.2) is 9.97 Å². The van der Waals surface area contributed by atoms with Crippen molar-refractivity contribution >= 4 is 23.2 Å². The van der Waals surface area contributed by atoms with E-state index >= 15 is 0 Å². The minimum atomic E-state index is -0.180. The molecule has 1 heterocycles. The van der Waals surface area contributed by atoms with Crippen LogP contribution in [-0.4, -0.2) is 9.97 Å². The summed E-state index contributed by atoms with van der Waals surface area (Å²) in [4.78, 5) is 8.39. The number of halogens is 2. The predicted molar refractivity (Wildman–Crippen MR) is 66.7 cm³/mol. The molecular formula is C12H10Cl2N2. The Labute approximate surface area is 104 Å². The molecule has 1 unspecified atom stereocenters. The average Bonchev–Trinajstić information content (AvgIpc) is 2.30. The van der Waals surface area contributed by atoms with Crippen molar-refractivity contribution < 1.29 is 0 Å². The highest BCUT2D eigenvalue weighted by atomic mass is 35.5. The van der Waals surface area contributed by atoms with Gasteiger partial charge in [0.15, 0.2) is 0 Å². The molecule has 16 heavy (non-hydrogen) atoms. The summed E-state index contributed by atoms with van der Waals surface area (Å²) in [6.07, 6.45) is 3.48. The van der Waals surface area contributed by atoms with Crippen LogP contribution in [0.1, 0.15) is 18.1 Å². The minimum absolute atomic E-state index is 0.180. The second kappa shape index (κ2) is 4.81. The first kappa shape index (κ1) is 11.4. The van der Waals surface area contributed by atoms with Gasteiger partial charge in [-0.3, -0.25) is 0 Å². The largest absolute Gasteiger partial charge is 0.239 e. The lowest BCUT2D eigenvalue weighted by Crippen LogP contribution is -1.94. The van der Waals surface area contributed by atoms with Crippen LogP contribution in [0.3, 0.4) is 0 Å². The van der Waals surface area contributed by atoms with Gasteiger partial charge in [-0.1, -0.05) is 29.8 Å². The first-order chi connectivity index (χ1) is 7.68. The highest BCUT2D eigenvalue weighted by Crippen LogP contribution is 2.26. The van der Waals surface area contributed by atoms with Gasteiger partial charge in [0.2, 0.25) is 0 Å². The Balaban J connectivity index is 2.39. The van der Waals surface area contributed by atoms with Crippen LogP contribution in [0, 0.1) is 0 Å². The molecule has 0 N–H and O–H groups in total. The van der Waals surface area contributed by atoms with Gasteiger partial charge in [0.25, 0.3) is 0 Å². The van der Waals surface area contributed by atoms with Crippen molar-refractivity contribution in [1.29, 1.82) is 0 Å². The normalized spacial score (nSPS) is 12.4. The third-order valence-corrected chi connectivity index (χ3v) is 2.74. The summed E-state index contributed by atoms with van der Waals surface area (Å²) in [6.45, 7) is 1.84. The lowest BCUT2D eigenvalue weighted by Gasteiger charge is -2.05. The Bertz CT molecular complexity index is 481. The predicted octanol–water partition coefficient (Wildman–Crippen LogP) is 4.10. The molecule has 82 valence electrons. The van der Waals surface area contributed by atoms with Crippen molar-refractivity contribution in [1.82, 2.24) is 9.97 Å². The lowest BCUT2D eigenvalue weighted by molar-refractivity contribution is 0.911. The summed E-state index contributed by atoms with van der Waals surface area (Å²) in [5.41, 5.74) is 1.82. The van der Waals surface area contributed by atoms with E-state index in [9.17, 15) is 0 Å². The zero-order valence-corrected chi connectivity index (χ0v) is 10.2. The van der Waals surface area contributed by atoms with E-state index in [0.29, 0.717) is 10.8 Å². The Morgan fingerprint density at radius 3 is 2.31 bits per heavy atom. The van der Waals surface area contributed by atoms with E-state index < -0.39 is 0 Å². The van der Waals surface area contributed by atoms with Gasteiger partial charge >= 0.3 is 0 Å². The third kappa shape index (κ3) is 2.34. The van der Waals surface area contributed by atoms with Gasteiger partial charge in [0.05, 0.1) is 5.38 Å². The highest BCUT2D eigenvalue weighted by Gasteiger charge is 2.06. The van der Waals surface area contributed by atoms with E-state index in [-0.39, 0.29) is 5.38 Å². The van der Waals surface area contributed by atoms with Crippen molar-refractivity contribution in [2.24, 2.45) is 0 Å². The van der Waals surface area contributed by atoms with Gasteiger partial charge < -0.3 is 0 Å². The van der Waals surface area contributed by atoms with Crippen molar-refractivity contribution in [2.75, 3.05) is 0 Å². The molecule has 1 aromatic carbocycles. The summed E-state index contributed by atoms with van der Waals surface area (Å²) < 4.78 is 0. The number of hydrogen-bond donors (Lipinski definition) is 0. The summed E-state index contributed by atoms with van der Waals surface area (Å²) in [7, 11) is 0. The Hall–Kier alpha value is -1.12. The number of rotatable bonds is 2. The number of benzene rings is 1. The minimum Gasteiger partial charge on any atom is -0.239 e. The number of alkyl halides is 1. The lowest BCUT2D eigenvalue weighted by atomic mass is 10.1. The monoisotopic (exact) mass is 252 g/mol. The molecule has 2 rings (SSSR count). The van der Waals surface area contributed by atoms with Crippen molar-refractivity contribution in [2.45, 2.75) is 12.3 Å². The van der Waals surface area contributed by atoms with E-state index in [0.717, 1.165) is 11.1 Å². The molecule has 0 radical (unpaired) electrons. The second-order valence-corrected chi connectivity index (χ2v) is 4.49. The molecule has 2 nitrogen and oxygen atoms in total. The summed E-state index contributed by atoms with van der Waals surface area (Å²) in [6, 6.07) is 7.60. The molecule has 4 heteroatoms. The molecule has 0 bridgehead atoms. The van der Waals surface area contributed by atoms with Crippen LogP contribution in [0.5, 0.6) is 0 Å². The topological polar surface area (TPSA) is 25.8 Å². The van der Waals surface area contributed by atoms with Crippen molar-refractivity contribution in [3.8, 4) is 11.1 Å². The average molecular weight is 253 g/mol. The molecule has 0 aliphatic heterocycles. The quantitative estimate of drug-likeness (QED) is 0.753. The third-order valence-electron chi connectivity index (χ3n) is 2.21. The Kier molecular flexibility index (Phi) is 3.42. The molecule has 0 aliphatic rings. The molecule has 0 spiro atoms. The molecule has 1 atom stereocenters. The van der Waals surface area contributed by atoms with E-state index in [1.807, 2.05) is 31.2 Å². The molecule has 0 amide bonds. The Morgan fingerprint density at radius 1 is 1.12 bits per heavy atom. The van der Waals surface area contributed by atoms with Crippen LogP contribution in [0.25, 0.3) is 11.1 Å².